The molecule has 0 radical (unpaired) electrons. The summed E-state index contributed by atoms with van der Waals surface area (Å²) in [6.45, 7) is 1.88. The second-order valence-corrected chi connectivity index (χ2v) is 7.09. The van der Waals surface area contributed by atoms with Crippen LogP contribution in [0.4, 0.5) is 13.2 Å². The fraction of sp³-hybridized carbons (Fsp3) is 0.389. The number of hydrogen-bond acceptors (Lipinski definition) is 6. The molecule has 3 aromatic rings. The number of alkyl halides is 3. The van der Waals surface area contributed by atoms with Crippen LogP contribution in [0.3, 0.4) is 0 Å². The number of halogens is 4. The minimum atomic E-state index is -4.49. The van der Waals surface area contributed by atoms with Crippen molar-refractivity contribution in [1.29, 1.82) is 0 Å². The van der Waals surface area contributed by atoms with E-state index in [2.05, 4.69) is 20.3 Å². The third-order valence-electron chi connectivity index (χ3n) is 4.33. The number of nitrogens with one attached hydrogen (secondary N) is 1. The Kier molecular flexibility index (Phi) is 6.48. The molecule has 0 amide bonds. The Balaban J connectivity index is 1.98. The third kappa shape index (κ3) is 5.13. The summed E-state index contributed by atoms with van der Waals surface area (Å²) in [5.74, 6) is -2.60. The average Bonchev–Trinajstić information content (AvgIpc) is 3.29. The number of aromatic amines is 1. The van der Waals surface area contributed by atoms with Crippen LogP contribution in [0.5, 0.6) is 0 Å². The molecule has 13 heteroatoms. The normalized spacial score (nSPS) is 12.7. The van der Waals surface area contributed by atoms with Crippen molar-refractivity contribution in [1.82, 2.24) is 29.5 Å². The second-order valence-electron chi connectivity index (χ2n) is 6.65. The van der Waals surface area contributed by atoms with Crippen LogP contribution in [0, 0.1) is 5.92 Å². The number of hydrogen-bond donors (Lipinski definition) is 1. The van der Waals surface area contributed by atoms with Gasteiger partial charge in [0, 0.05) is 17.1 Å². The molecule has 0 aliphatic rings. The largest absolute Gasteiger partial charge is 0.460 e. The van der Waals surface area contributed by atoms with E-state index in [1.807, 2.05) is 0 Å². The van der Waals surface area contributed by atoms with Gasteiger partial charge in [-0.05, 0) is 31.2 Å². The number of H-pyrrole nitrogens is 1. The first-order valence-electron chi connectivity index (χ1n) is 9.18. The predicted molar refractivity (Wildman–Crippen MR) is 104 cm³/mol. The maximum atomic E-state index is 13.1. The lowest BCUT2D eigenvalue weighted by Gasteiger charge is -2.16. The van der Waals surface area contributed by atoms with Gasteiger partial charge in [0.15, 0.2) is 5.82 Å². The molecule has 31 heavy (non-hydrogen) atoms. The molecule has 1 atom stereocenters. The van der Waals surface area contributed by atoms with Gasteiger partial charge < -0.3 is 4.74 Å². The molecule has 2 aromatic heterocycles. The van der Waals surface area contributed by atoms with Crippen LogP contribution in [0.15, 0.2) is 29.1 Å². The smallest absolute Gasteiger partial charge is 0.393 e. The topological polar surface area (TPSA) is 108 Å². The highest BCUT2D eigenvalue weighted by atomic mass is 35.5. The Morgan fingerprint density at radius 3 is 2.58 bits per heavy atom. The number of aromatic nitrogens is 6. The summed E-state index contributed by atoms with van der Waals surface area (Å²) >= 11 is 5.88. The van der Waals surface area contributed by atoms with E-state index in [1.165, 1.54) is 0 Å². The molecule has 3 rings (SSSR count). The molecule has 0 aliphatic heterocycles. The van der Waals surface area contributed by atoms with Crippen LogP contribution in [-0.2, 0) is 17.8 Å². The lowest BCUT2D eigenvalue weighted by Crippen LogP contribution is -2.32. The number of benzene rings is 1. The van der Waals surface area contributed by atoms with E-state index in [-0.39, 0.29) is 30.6 Å². The van der Waals surface area contributed by atoms with Gasteiger partial charge >= 0.3 is 17.8 Å². The Morgan fingerprint density at radius 1 is 1.29 bits per heavy atom. The first kappa shape index (κ1) is 22.5. The lowest BCUT2D eigenvalue weighted by molar-refractivity contribution is -0.172. The maximum absolute atomic E-state index is 13.1. The van der Waals surface area contributed by atoms with Gasteiger partial charge in [-0.15, -0.1) is 10.2 Å². The van der Waals surface area contributed by atoms with E-state index in [1.54, 1.807) is 31.2 Å². The summed E-state index contributed by atoms with van der Waals surface area (Å²) in [6, 6.07) is 6.19. The van der Waals surface area contributed by atoms with Gasteiger partial charge in [0.2, 0.25) is 0 Å². The Labute approximate surface area is 178 Å². The zero-order valence-corrected chi connectivity index (χ0v) is 17.2. The van der Waals surface area contributed by atoms with Crippen LogP contribution >= 0.6 is 11.6 Å². The number of esters is 1. The van der Waals surface area contributed by atoms with E-state index >= 15 is 0 Å². The van der Waals surface area contributed by atoms with E-state index in [0.29, 0.717) is 10.6 Å². The summed E-state index contributed by atoms with van der Waals surface area (Å²) < 4.78 is 46.1. The fourth-order valence-corrected chi connectivity index (χ4v) is 2.82. The van der Waals surface area contributed by atoms with Gasteiger partial charge in [0.25, 0.3) is 5.82 Å². The van der Waals surface area contributed by atoms with Crippen LogP contribution in [0.25, 0.3) is 11.4 Å². The van der Waals surface area contributed by atoms with Crippen molar-refractivity contribution in [3.05, 3.63) is 51.4 Å². The van der Waals surface area contributed by atoms with Gasteiger partial charge in [-0.25, -0.2) is 19.3 Å². The minimum absolute atomic E-state index is 0.0444. The molecule has 0 saturated heterocycles. The third-order valence-corrected chi connectivity index (χ3v) is 4.58. The number of ether oxygens (including phenoxy) is 1. The van der Waals surface area contributed by atoms with Crippen molar-refractivity contribution in [3.63, 3.8) is 0 Å². The zero-order valence-electron chi connectivity index (χ0n) is 16.5. The molecule has 1 N–H and O–H groups in total. The van der Waals surface area contributed by atoms with Gasteiger partial charge in [0.1, 0.15) is 12.4 Å². The summed E-state index contributed by atoms with van der Waals surface area (Å²) in [4.78, 5) is 28.5. The highest BCUT2D eigenvalue weighted by Gasteiger charge is 2.37. The van der Waals surface area contributed by atoms with Crippen LogP contribution in [0.1, 0.15) is 30.3 Å². The van der Waals surface area contributed by atoms with Gasteiger partial charge in [-0.1, -0.05) is 18.5 Å². The van der Waals surface area contributed by atoms with Gasteiger partial charge in [-0.2, -0.15) is 13.2 Å². The van der Waals surface area contributed by atoms with E-state index in [0.717, 1.165) is 16.2 Å². The quantitative estimate of drug-likeness (QED) is 0.545. The summed E-state index contributed by atoms with van der Waals surface area (Å²) in [7, 11) is 0. The lowest BCUT2D eigenvalue weighted by atomic mass is 10.1. The second kappa shape index (κ2) is 8.92. The summed E-state index contributed by atoms with van der Waals surface area (Å²) in [6.07, 6.45) is -4.49. The molecule has 2 heterocycles. The molecule has 0 bridgehead atoms. The first-order valence-corrected chi connectivity index (χ1v) is 9.56. The van der Waals surface area contributed by atoms with Crippen molar-refractivity contribution in [2.75, 3.05) is 6.61 Å². The molecule has 0 saturated carbocycles. The molecule has 1 aromatic carbocycles. The predicted octanol–water partition coefficient (Wildman–Crippen LogP) is 2.91. The zero-order chi connectivity index (χ0) is 22.8. The molecular weight excluding hydrogens is 441 g/mol. The van der Waals surface area contributed by atoms with E-state index < -0.39 is 30.3 Å². The first-order chi connectivity index (χ1) is 14.6. The Morgan fingerprint density at radius 2 is 1.97 bits per heavy atom. The molecule has 9 nitrogen and oxygen atoms in total. The van der Waals surface area contributed by atoms with Crippen molar-refractivity contribution in [2.24, 2.45) is 5.92 Å². The molecule has 0 unspecified atom stereocenters. The van der Waals surface area contributed by atoms with E-state index in [9.17, 15) is 22.8 Å². The van der Waals surface area contributed by atoms with Crippen LogP contribution in [-0.4, -0.2) is 48.3 Å². The SMILES string of the molecule is CCOC(=O)c1n[nH]c(Cn2nc(-c3ccc(Cl)cc3)n(C[C@H](C)C(F)(F)F)c2=O)n1. The van der Waals surface area contributed by atoms with Crippen molar-refractivity contribution in [3.8, 4) is 11.4 Å². The highest BCUT2D eigenvalue weighted by molar-refractivity contribution is 6.30. The summed E-state index contributed by atoms with van der Waals surface area (Å²) in [5, 5.41) is 10.8. The monoisotopic (exact) mass is 458 g/mol. The molecule has 0 fully saturated rings. The Hall–Kier alpha value is -3.15. The van der Waals surface area contributed by atoms with Gasteiger partial charge in [-0.3, -0.25) is 9.67 Å². The number of carbonyl (C=O) groups excluding carboxylic acids is 1. The average molecular weight is 459 g/mol. The maximum Gasteiger partial charge on any atom is 0.393 e. The molecule has 0 spiro atoms. The van der Waals surface area contributed by atoms with Crippen LogP contribution in [0.2, 0.25) is 5.02 Å². The number of rotatable bonds is 7. The summed E-state index contributed by atoms with van der Waals surface area (Å²) in [5.41, 5.74) is -0.352. The van der Waals surface area contributed by atoms with Crippen molar-refractivity contribution >= 4 is 17.6 Å². The minimum Gasteiger partial charge on any atom is -0.460 e. The fourth-order valence-electron chi connectivity index (χ4n) is 2.69. The van der Waals surface area contributed by atoms with Crippen molar-refractivity contribution < 1.29 is 22.7 Å². The molecule has 166 valence electrons. The van der Waals surface area contributed by atoms with Crippen LogP contribution < -0.4 is 5.69 Å². The molecule has 0 aliphatic carbocycles. The molecular formula is C18H18ClF3N6O3. The van der Waals surface area contributed by atoms with E-state index in [4.69, 9.17) is 16.3 Å². The number of nitrogens with zero attached hydrogens (tertiary/aromatic N) is 5. The Bertz CT molecular complexity index is 1120. The van der Waals surface area contributed by atoms with Crippen molar-refractivity contribution in [2.45, 2.75) is 33.1 Å². The highest BCUT2D eigenvalue weighted by Crippen LogP contribution is 2.28. The standard InChI is InChI=1S/C18H18ClF3N6O3/c1-3-31-16(29)14-23-13(24-25-14)9-28-17(30)27(8-10(2)18(20,21)22)15(26-28)11-4-6-12(19)7-5-11/h4-7,10H,3,8-9H2,1-2H3,(H,23,24,25)/t10-/m0/s1. The number of carbonyl (C=O) groups is 1. The van der Waals surface area contributed by atoms with Gasteiger partial charge in [0.05, 0.1) is 12.5 Å².